The number of hydrogen-bond acceptors (Lipinski definition) is 7. The molecule has 1 atom stereocenters. The molecule has 0 bridgehead atoms. The van der Waals surface area contributed by atoms with Gasteiger partial charge in [-0.2, -0.15) is 10.3 Å². The zero-order chi connectivity index (χ0) is 18.5. The van der Waals surface area contributed by atoms with Gasteiger partial charge in [0.05, 0.1) is 11.8 Å². The lowest BCUT2D eigenvalue weighted by atomic mass is 10.0. The monoisotopic (exact) mass is 380 g/mol. The van der Waals surface area contributed by atoms with Crippen LogP contribution in [0.15, 0.2) is 40.5 Å². The van der Waals surface area contributed by atoms with E-state index in [-0.39, 0.29) is 24.7 Å². The molecule has 0 aliphatic carbocycles. The molecule has 2 N–H and O–H groups in total. The Hall–Kier alpha value is -3.27. The quantitative estimate of drug-likeness (QED) is 0.656. The van der Waals surface area contributed by atoms with Crippen molar-refractivity contribution in [1.82, 2.24) is 25.7 Å². The van der Waals surface area contributed by atoms with E-state index >= 15 is 0 Å². The van der Waals surface area contributed by atoms with Crippen molar-refractivity contribution in [3.05, 3.63) is 36.2 Å². The molecule has 4 heterocycles. The number of benzene rings is 1. The fraction of sp³-hybridized carbons (Fsp3) is 0.176. The van der Waals surface area contributed by atoms with Gasteiger partial charge in [0.25, 0.3) is 5.91 Å². The van der Waals surface area contributed by atoms with Crippen molar-refractivity contribution in [2.45, 2.75) is 28.8 Å². The first kappa shape index (κ1) is 15.9. The molecule has 2 aliphatic heterocycles. The maximum Gasteiger partial charge on any atom is 0.260 e. The molecule has 9 nitrogen and oxygen atoms in total. The molecule has 134 valence electrons. The van der Waals surface area contributed by atoms with Gasteiger partial charge in [-0.25, -0.2) is 4.98 Å². The molecule has 27 heavy (non-hydrogen) atoms. The van der Waals surface area contributed by atoms with E-state index in [1.807, 2.05) is 6.07 Å². The van der Waals surface area contributed by atoms with Crippen molar-refractivity contribution in [2.24, 2.45) is 0 Å². The van der Waals surface area contributed by atoms with E-state index in [1.165, 1.54) is 16.7 Å². The van der Waals surface area contributed by atoms with E-state index in [2.05, 4.69) is 25.7 Å². The molecule has 1 aromatic carbocycles. The van der Waals surface area contributed by atoms with Crippen LogP contribution in [0.4, 0.5) is 5.82 Å². The van der Waals surface area contributed by atoms with Crippen LogP contribution in [0.5, 0.6) is 0 Å². The number of nitrogens with one attached hydrogen (secondary N) is 2. The molecule has 1 fully saturated rings. The Morgan fingerprint density at radius 1 is 1.19 bits per heavy atom. The average Bonchev–Trinajstić information content (AvgIpc) is 3.26. The Morgan fingerprint density at radius 3 is 2.85 bits per heavy atom. The van der Waals surface area contributed by atoms with Gasteiger partial charge in [0.15, 0.2) is 0 Å². The number of pyridine rings is 1. The van der Waals surface area contributed by atoms with E-state index in [1.54, 1.807) is 24.5 Å². The molecule has 3 amide bonds. The number of piperidine rings is 1. The number of hydrogen-bond donors (Lipinski definition) is 2. The molecule has 5 rings (SSSR count). The second-order valence-electron chi connectivity index (χ2n) is 6.23. The van der Waals surface area contributed by atoms with Gasteiger partial charge in [0.1, 0.15) is 16.9 Å². The van der Waals surface area contributed by atoms with Crippen molar-refractivity contribution < 1.29 is 14.4 Å². The lowest BCUT2D eigenvalue weighted by Gasteiger charge is -2.29. The highest BCUT2D eigenvalue weighted by molar-refractivity contribution is 7.99. The summed E-state index contributed by atoms with van der Waals surface area (Å²) in [4.78, 5) is 43.5. The minimum Gasteiger partial charge on any atom is -0.295 e. The summed E-state index contributed by atoms with van der Waals surface area (Å²) >= 11 is 1.39. The second kappa shape index (κ2) is 5.88. The molecule has 0 saturated carbocycles. The Labute approximate surface area is 156 Å². The second-order valence-corrected chi connectivity index (χ2v) is 7.29. The number of anilines is 1. The summed E-state index contributed by atoms with van der Waals surface area (Å²) < 4.78 is 0. The zero-order valence-electron chi connectivity index (χ0n) is 13.8. The number of carbonyl (C=O) groups is 3. The van der Waals surface area contributed by atoms with Gasteiger partial charge in [0, 0.05) is 28.3 Å². The van der Waals surface area contributed by atoms with Gasteiger partial charge in [-0.3, -0.25) is 24.6 Å². The molecule has 0 spiro atoms. The lowest BCUT2D eigenvalue weighted by molar-refractivity contribution is -0.134. The Bertz CT molecular complexity index is 1110. The third-order valence-corrected chi connectivity index (χ3v) is 5.62. The molecule has 3 aromatic rings. The summed E-state index contributed by atoms with van der Waals surface area (Å²) in [7, 11) is 0. The van der Waals surface area contributed by atoms with Crippen LogP contribution in [0.1, 0.15) is 23.2 Å². The van der Waals surface area contributed by atoms with Gasteiger partial charge >= 0.3 is 0 Å². The number of carbonyl (C=O) groups excluding carboxylic acids is 3. The van der Waals surface area contributed by atoms with Gasteiger partial charge in [-0.1, -0.05) is 23.9 Å². The summed E-state index contributed by atoms with van der Waals surface area (Å²) in [6.07, 6.45) is 3.75. The minimum atomic E-state index is -0.743. The smallest absolute Gasteiger partial charge is 0.260 e. The van der Waals surface area contributed by atoms with Crippen LogP contribution >= 0.6 is 11.8 Å². The first-order valence-corrected chi connectivity index (χ1v) is 9.08. The van der Waals surface area contributed by atoms with Crippen LogP contribution in [-0.2, 0) is 9.59 Å². The highest BCUT2D eigenvalue weighted by Crippen LogP contribution is 2.42. The van der Waals surface area contributed by atoms with Gasteiger partial charge in [-0.15, -0.1) is 5.10 Å². The highest BCUT2D eigenvalue weighted by atomic mass is 32.2. The SMILES string of the molecule is O=C1CCC(N2C(=O)c3cccc4c(Sc5cn[nH]n5)cnc2c34)C(=O)N1. The van der Waals surface area contributed by atoms with Crippen LogP contribution in [0, 0.1) is 0 Å². The van der Waals surface area contributed by atoms with Crippen LogP contribution in [0.2, 0.25) is 0 Å². The van der Waals surface area contributed by atoms with E-state index in [0.717, 1.165) is 10.3 Å². The van der Waals surface area contributed by atoms with Crippen molar-refractivity contribution in [1.29, 1.82) is 0 Å². The molecular weight excluding hydrogens is 368 g/mol. The topological polar surface area (TPSA) is 121 Å². The number of H-pyrrole nitrogens is 1. The largest absolute Gasteiger partial charge is 0.295 e. The van der Waals surface area contributed by atoms with Gasteiger partial charge < -0.3 is 0 Å². The molecule has 1 saturated heterocycles. The van der Waals surface area contributed by atoms with Gasteiger partial charge in [-0.05, 0) is 12.5 Å². The number of amides is 3. The van der Waals surface area contributed by atoms with E-state index in [0.29, 0.717) is 21.8 Å². The molecule has 1 unspecified atom stereocenters. The van der Waals surface area contributed by atoms with E-state index in [9.17, 15) is 14.4 Å². The zero-order valence-corrected chi connectivity index (χ0v) is 14.6. The Balaban J connectivity index is 1.62. The number of aromatic nitrogens is 4. The number of aromatic amines is 1. The van der Waals surface area contributed by atoms with Gasteiger partial charge in [0.2, 0.25) is 11.8 Å². The Morgan fingerprint density at radius 2 is 2.07 bits per heavy atom. The predicted molar refractivity (Wildman–Crippen MR) is 95.2 cm³/mol. The summed E-state index contributed by atoms with van der Waals surface area (Å²) in [6.45, 7) is 0. The standard InChI is InChI=1S/C17H12N6O3S/c24-12-5-4-10(16(25)20-12)23-15-14-8(2-1-3-9(14)17(23)26)11(6-18-15)27-13-7-19-22-21-13/h1-3,6-7,10H,4-5H2,(H,19,21,22)(H,20,24,25). The molecule has 2 aromatic heterocycles. The van der Waals surface area contributed by atoms with Crippen molar-refractivity contribution in [3.8, 4) is 0 Å². The third-order valence-electron chi connectivity index (χ3n) is 4.66. The van der Waals surface area contributed by atoms with Crippen LogP contribution in [0.25, 0.3) is 10.8 Å². The highest BCUT2D eigenvalue weighted by Gasteiger charge is 2.41. The number of imide groups is 1. The molecule has 2 aliphatic rings. The van der Waals surface area contributed by atoms with Crippen molar-refractivity contribution >= 4 is 46.1 Å². The van der Waals surface area contributed by atoms with Crippen LogP contribution < -0.4 is 10.2 Å². The maximum absolute atomic E-state index is 13.0. The summed E-state index contributed by atoms with van der Waals surface area (Å²) in [6, 6.07) is 4.70. The molecule has 10 heteroatoms. The van der Waals surface area contributed by atoms with Crippen molar-refractivity contribution in [3.63, 3.8) is 0 Å². The van der Waals surface area contributed by atoms with Crippen LogP contribution in [-0.4, -0.2) is 44.2 Å². The lowest BCUT2D eigenvalue weighted by Crippen LogP contribution is -2.53. The fourth-order valence-electron chi connectivity index (χ4n) is 3.49. The summed E-state index contributed by atoms with van der Waals surface area (Å²) in [5.41, 5.74) is 0.502. The van der Waals surface area contributed by atoms with Crippen LogP contribution in [0.3, 0.4) is 0 Å². The molecule has 0 radical (unpaired) electrons. The maximum atomic E-state index is 13.0. The third kappa shape index (κ3) is 2.40. The first-order chi connectivity index (χ1) is 13.1. The number of rotatable bonds is 3. The summed E-state index contributed by atoms with van der Waals surface area (Å²) in [5.74, 6) is -0.618. The predicted octanol–water partition coefficient (Wildman–Crippen LogP) is 1.27. The number of nitrogens with zero attached hydrogens (tertiary/aromatic N) is 4. The fourth-order valence-corrected chi connectivity index (χ4v) is 4.29. The molecular formula is C17H12N6O3S. The Kier molecular flexibility index (Phi) is 3.47. The van der Waals surface area contributed by atoms with E-state index in [4.69, 9.17) is 0 Å². The van der Waals surface area contributed by atoms with E-state index < -0.39 is 11.9 Å². The van der Waals surface area contributed by atoms with Crippen molar-refractivity contribution in [2.75, 3.05) is 4.90 Å². The minimum absolute atomic E-state index is 0.194. The summed E-state index contributed by atoms with van der Waals surface area (Å²) in [5, 5.41) is 14.9. The average molecular weight is 380 g/mol. The normalized spacial score (nSPS) is 19.0. The first-order valence-electron chi connectivity index (χ1n) is 8.26.